The summed E-state index contributed by atoms with van der Waals surface area (Å²) in [6.07, 6.45) is 0. The molecule has 1 saturated heterocycles. The highest BCUT2D eigenvalue weighted by molar-refractivity contribution is 6.30. The van der Waals surface area contributed by atoms with Crippen molar-refractivity contribution in [3.05, 3.63) is 34.9 Å². The summed E-state index contributed by atoms with van der Waals surface area (Å²) in [5, 5.41) is 16.2. The Kier molecular flexibility index (Phi) is 5.06. The molecule has 9 heteroatoms. The zero-order valence-electron chi connectivity index (χ0n) is 12.5. The molecule has 0 atom stereocenters. The minimum Gasteiger partial charge on any atom is -0.350 e. The number of halogens is 1. The van der Waals surface area contributed by atoms with E-state index in [2.05, 4.69) is 25.6 Å². The Morgan fingerprint density at radius 1 is 1.09 bits per heavy atom. The minimum absolute atomic E-state index is 0.118. The summed E-state index contributed by atoms with van der Waals surface area (Å²) in [7, 11) is 0. The van der Waals surface area contributed by atoms with Crippen molar-refractivity contribution in [1.82, 2.24) is 20.3 Å². The van der Waals surface area contributed by atoms with Gasteiger partial charge in [-0.15, -0.1) is 0 Å². The predicted molar refractivity (Wildman–Crippen MR) is 89.1 cm³/mol. The van der Waals surface area contributed by atoms with E-state index in [1.165, 1.54) is 0 Å². The maximum atomic E-state index is 9.12. The summed E-state index contributed by atoms with van der Waals surface area (Å²) >= 11 is 5.88. The molecule has 1 aliphatic heterocycles. The molecule has 8 nitrogen and oxygen atoms in total. The highest BCUT2D eigenvalue weighted by atomic mass is 35.5. The van der Waals surface area contributed by atoms with Crippen LogP contribution >= 0.6 is 11.6 Å². The molecular formula is C14H18ClN7O. The van der Waals surface area contributed by atoms with Crippen molar-refractivity contribution in [3.63, 3.8) is 0 Å². The fraction of sp³-hybridized carbons (Fsp3) is 0.357. The lowest BCUT2D eigenvalue weighted by Crippen LogP contribution is -2.44. The topological polar surface area (TPSA) is 98.2 Å². The molecular weight excluding hydrogens is 318 g/mol. The first-order valence-corrected chi connectivity index (χ1v) is 7.72. The molecule has 0 amide bonds. The van der Waals surface area contributed by atoms with Crippen LogP contribution in [0.1, 0.15) is 5.56 Å². The van der Waals surface area contributed by atoms with Crippen LogP contribution in [0.3, 0.4) is 0 Å². The summed E-state index contributed by atoms with van der Waals surface area (Å²) in [4.78, 5) is 14.8. The van der Waals surface area contributed by atoms with E-state index in [1.54, 1.807) is 0 Å². The third-order valence-electron chi connectivity index (χ3n) is 3.49. The van der Waals surface area contributed by atoms with E-state index < -0.39 is 0 Å². The third-order valence-corrected chi connectivity index (χ3v) is 3.74. The second kappa shape index (κ2) is 7.40. The van der Waals surface area contributed by atoms with Gasteiger partial charge < -0.3 is 15.5 Å². The Hall–Kier alpha value is -2.16. The van der Waals surface area contributed by atoms with Crippen LogP contribution < -0.4 is 21.0 Å². The lowest BCUT2D eigenvalue weighted by atomic mass is 10.2. The van der Waals surface area contributed by atoms with Crippen molar-refractivity contribution in [2.45, 2.75) is 6.54 Å². The Morgan fingerprint density at radius 3 is 2.48 bits per heavy atom. The summed E-state index contributed by atoms with van der Waals surface area (Å²) in [5.74, 6) is 1.06. The highest BCUT2D eigenvalue weighted by Crippen LogP contribution is 2.15. The summed E-state index contributed by atoms with van der Waals surface area (Å²) in [6.45, 7) is 3.92. The number of hydrogen-bond donors (Lipinski definition) is 4. The van der Waals surface area contributed by atoms with Crippen molar-refractivity contribution < 1.29 is 5.21 Å². The van der Waals surface area contributed by atoms with E-state index in [4.69, 9.17) is 16.8 Å². The SMILES string of the molecule is ONc1nc(NCc2ccc(Cl)cc2)nc(N2CCNCC2)n1. The number of hydrogen-bond acceptors (Lipinski definition) is 8. The minimum atomic E-state index is 0.118. The standard InChI is InChI=1S/C14H18ClN7O/c15-11-3-1-10(2-4-11)9-17-12-18-13(21-23)20-14(19-12)22-7-5-16-6-8-22/h1-4,16,23H,5-9H2,(H2,17,18,19,20,21). The quantitative estimate of drug-likeness (QED) is 0.608. The summed E-state index contributed by atoms with van der Waals surface area (Å²) in [6, 6.07) is 7.52. The van der Waals surface area contributed by atoms with Gasteiger partial charge in [-0.3, -0.25) is 5.21 Å². The van der Waals surface area contributed by atoms with Crippen LogP contribution in [0.25, 0.3) is 0 Å². The van der Waals surface area contributed by atoms with Crippen LogP contribution in [-0.2, 0) is 6.54 Å². The maximum Gasteiger partial charge on any atom is 0.253 e. The molecule has 4 N–H and O–H groups in total. The first-order valence-electron chi connectivity index (χ1n) is 7.35. The average molecular weight is 336 g/mol. The molecule has 0 spiro atoms. The van der Waals surface area contributed by atoms with E-state index in [-0.39, 0.29) is 5.95 Å². The molecule has 2 aromatic rings. The van der Waals surface area contributed by atoms with Gasteiger partial charge in [0.1, 0.15) is 0 Å². The number of benzene rings is 1. The fourth-order valence-corrected chi connectivity index (χ4v) is 2.41. The number of aromatic nitrogens is 3. The van der Waals surface area contributed by atoms with Gasteiger partial charge in [0.05, 0.1) is 0 Å². The second-order valence-corrected chi connectivity index (χ2v) is 5.55. The molecule has 122 valence electrons. The zero-order valence-corrected chi connectivity index (χ0v) is 13.2. The van der Waals surface area contributed by atoms with E-state index in [9.17, 15) is 0 Å². The van der Waals surface area contributed by atoms with Crippen LogP contribution in [0.5, 0.6) is 0 Å². The van der Waals surface area contributed by atoms with E-state index in [0.29, 0.717) is 23.5 Å². The van der Waals surface area contributed by atoms with Gasteiger partial charge in [-0.2, -0.15) is 15.0 Å². The van der Waals surface area contributed by atoms with Crippen molar-refractivity contribution in [2.75, 3.05) is 41.9 Å². The summed E-state index contributed by atoms with van der Waals surface area (Å²) in [5.41, 5.74) is 3.04. The predicted octanol–water partition coefficient (Wildman–Crippen LogP) is 1.35. The first-order chi connectivity index (χ1) is 11.2. The van der Waals surface area contributed by atoms with Crippen molar-refractivity contribution in [3.8, 4) is 0 Å². The normalized spacial score (nSPS) is 14.6. The smallest absolute Gasteiger partial charge is 0.253 e. The number of rotatable bonds is 5. The molecule has 1 fully saturated rings. The van der Waals surface area contributed by atoms with E-state index in [0.717, 1.165) is 31.7 Å². The Bertz CT molecular complexity index is 646. The lowest BCUT2D eigenvalue weighted by molar-refractivity contribution is 0.382. The average Bonchev–Trinajstić information content (AvgIpc) is 2.61. The summed E-state index contributed by atoms with van der Waals surface area (Å²) < 4.78 is 0. The Balaban J connectivity index is 1.73. The van der Waals surface area contributed by atoms with E-state index in [1.807, 2.05) is 34.6 Å². The first kappa shape index (κ1) is 15.7. The van der Waals surface area contributed by atoms with Crippen LogP contribution in [0.15, 0.2) is 24.3 Å². The van der Waals surface area contributed by atoms with Crippen molar-refractivity contribution in [1.29, 1.82) is 0 Å². The fourth-order valence-electron chi connectivity index (χ4n) is 2.28. The number of anilines is 3. The maximum absolute atomic E-state index is 9.12. The molecule has 0 aliphatic carbocycles. The van der Waals surface area contributed by atoms with Gasteiger partial charge in [-0.1, -0.05) is 23.7 Å². The van der Waals surface area contributed by atoms with Gasteiger partial charge in [-0.25, -0.2) is 5.48 Å². The number of piperazine rings is 1. The molecule has 23 heavy (non-hydrogen) atoms. The van der Waals surface area contributed by atoms with Crippen molar-refractivity contribution in [2.24, 2.45) is 0 Å². The van der Waals surface area contributed by atoms with Crippen LogP contribution in [0.2, 0.25) is 5.02 Å². The monoisotopic (exact) mass is 335 g/mol. The molecule has 1 aromatic carbocycles. The highest BCUT2D eigenvalue weighted by Gasteiger charge is 2.15. The molecule has 0 bridgehead atoms. The zero-order chi connectivity index (χ0) is 16.1. The molecule has 2 heterocycles. The van der Waals surface area contributed by atoms with Crippen LogP contribution in [0, 0.1) is 0 Å². The second-order valence-electron chi connectivity index (χ2n) is 5.11. The van der Waals surface area contributed by atoms with E-state index >= 15 is 0 Å². The molecule has 1 aliphatic rings. The van der Waals surface area contributed by atoms with Crippen LogP contribution in [0.4, 0.5) is 17.8 Å². The van der Waals surface area contributed by atoms with Gasteiger partial charge in [0.25, 0.3) is 5.95 Å². The Labute approximate surface area is 138 Å². The van der Waals surface area contributed by atoms with Gasteiger partial charge >= 0.3 is 0 Å². The molecule has 0 saturated carbocycles. The van der Waals surface area contributed by atoms with Gasteiger partial charge in [-0.05, 0) is 17.7 Å². The largest absolute Gasteiger partial charge is 0.350 e. The van der Waals surface area contributed by atoms with Gasteiger partial charge in [0.15, 0.2) is 0 Å². The molecule has 0 radical (unpaired) electrons. The van der Waals surface area contributed by atoms with Gasteiger partial charge in [0.2, 0.25) is 11.9 Å². The van der Waals surface area contributed by atoms with Crippen LogP contribution in [-0.4, -0.2) is 46.3 Å². The molecule has 1 aromatic heterocycles. The molecule has 0 unspecified atom stereocenters. The van der Waals surface area contributed by atoms with Crippen molar-refractivity contribution >= 4 is 29.4 Å². The van der Waals surface area contributed by atoms with Gasteiger partial charge in [0, 0.05) is 37.7 Å². The number of nitrogens with one attached hydrogen (secondary N) is 3. The third kappa shape index (κ3) is 4.19. The lowest BCUT2D eigenvalue weighted by Gasteiger charge is -2.27. The molecule has 3 rings (SSSR count). The Morgan fingerprint density at radius 2 is 1.78 bits per heavy atom. The number of nitrogens with zero attached hydrogens (tertiary/aromatic N) is 4.